The minimum atomic E-state index is -4.58. The summed E-state index contributed by atoms with van der Waals surface area (Å²) in [5.74, 6) is -22.5. The fourth-order valence-electron chi connectivity index (χ4n) is 2.07. The molecule has 0 amide bonds. The van der Waals surface area contributed by atoms with E-state index >= 15 is 0 Å². The highest BCUT2D eigenvalue weighted by Gasteiger charge is 2.70. The van der Waals surface area contributed by atoms with Crippen molar-refractivity contribution >= 4 is 8.17 Å². The van der Waals surface area contributed by atoms with E-state index in [2.05, 4.69) is 18.1 Å². The van der Waals surface area contributed by atoms with Gasteiger partial charge in [-0.3, -0.25) is 0 Å². The van der Waals surface area contributed by atoms with Crippen molar-refractivity contribution in [3.63, 3.8) is 0 Å². The maximum Gasteiger partial charge on any atom is 0.767 e. The Bertz CT molecular complexity index is 811. The molecule has 0 fully saturated rings. The van der Waals surface area contributed by atoms with E-state index in [0.29, 0.717) is 0 Å². The van der Waals surface area contributed by atoms with Crippen molar-refractivity contribution in [3.8, 4) is 23.0 Å². The molecule has 4 rings (SSSR count). The zero-order chi connectivity index (χ0) is 18.3. The van der Waals surface area contributed by atoms with Gasteiger partial charge in [0.05, 0.1) is 0 Å². The number of hydrogen-bond donors (Lipinski definition) is 0. The molecule has 2 heterocycles. The summed E-state index contributed by atoms with van der Waals surface area (Å²) in [7, 11) is -4.58. The standard InChI is InChI=1S/C12F8O4P/c13-1-2(14)6(18)10-9(5(1)17)21-25(22-10)23-11-7(19)3(15)4(16)8(20)12(11)24-25/q+1. The molecule has 0 N–H and O–H groups in total. The van der Waals surface area contributed by atoms with E-state index in [1.165, 1.54) is 0 Å². The Morgan fingerprint density at radius 3 is 0.760 bits per heavy atom. The Balaban J connectivity index is 1.83. The molecule has 0 atom stereocenters. The number of rotatable bonds is 0. The van der Waals surface area contributed by atoms with Crippen molar-refractivity contribution in [2.45, 2.75) is 0 Å². The lowest BCUT2D eigenvalue weighted by Crippen LogP contribution is -2.10. The Kier molecular flexibility index (Phi) is 3.06. The van der Waals surface area contributed by atoms with Gasteiger partial charge in [0.1, 0.15) is 0 Å². The zero-order valence-corrected chi connectivity index (χ0v) is 12.0. The van der Waals surface area contributed by atoms with Gasteiger partial charge in [0.25, 0.3) is 23.0 Å². The van der Waals surface area contributed by atoms with Crippen LogP contribution in [0, 0.1) is 46.5 Å². The summed E-state index contributed by atoms with van der Waals surface area (Å²) in [6.45, 7) is 0. The topological polar surface area (TPSA) is 36.9 Å². The lowest BCUT2D eigenvalue weighted by Gasteiger charge is -2.03. The molecule has 2 aliphatic rings. The molecule has 25 heavy (non-hydrogen) atoms. The highest BCUT2D eigenvalue weighted by atomic mass is 31.2. The molecule has 0 unspecified atom stereocenters. The Morgan fingerprint density at radius 1 is 0.360 bits per heavy atom. The van der Waals surface area contributed by atoms with Crippen LogP contribution in [-0.4, -0.2) is 0 Å². The van der Waals surface area contributed by atoms with Crippen LogP contribution in [0.3, 0.4) is 0 Å². The third kappa shape index (κ3) is 1.91. The summed E-state index contributed by atoms with van der Waals surface area (Å²) in [4.78, 5) is 0. The first kappa shape index (κ1) is 16.0. The van der Waals surface area contributed by atoms with Gasteiger partial charge in [0, 0.05) is 0 Å². The second-order valence-corrected chi connectivity index (χ2v) is 6.27. The van der Waals surface area contributed by atoms with Gasteiger partial charge in [0.2, 0.25) is 46.5 Å². The van der Waals surface area contributed by atoms with Crippen molar-refractivity contribution < 1.29 is 53.2 Å². The molecule has 0 aromatic heterocycles. The molecule has 0 bridgehead atoms. The van der Waals surface area contributed by atoms with Gasteiger partial charge in [-0.25, -0.2) is 35.7 Å². The van der Waals surface area contributed by atoms with Crippen LogP contribution in [-0.2, 0) is 0 Å². The van der Waals surface area contributed by atoms with E-state index in [0.717, 1.165) is 0 Å². The van der Waals surface area contributed by atoms with Gasteiger partial charge < -0.3 is 0 Å². The molecule has 0 radical (unpaired) electrons. The summed E-state index contributed by atoms with van der Waals surface area (Å²) in [5, 5.41) is 0. The van der Waals surface area contributed by atoms with Gasteiger partial charge in [-0.2, -0.15) is 17.6 Å². The third-order valence-electron chi connectivity index (χ3n) is 3.18. The van der Waals surface area contributed by atoms with Gasteiger partial charge in [-0.15, -0.1) is 0 Å². The quantitative estimate of drug-likeness (QED) is 0.282. The first-order chi connectivity index (χ1) is 11.7. The lowest BCUT2D eigenvalue weighted by molar-refractivity contribution is 0.320. The van der Waals surface area contributed by atoms with E-state index < -0.39 is 77.7 Å². The first-order valence-corrected chi connectivity index (χ1v) is 7.52. The van der Waals surface area contributed by atoms with Crippen LogP contribution in [0.15, 0.2) is 0 Å². The maximum atomic E-state index is 13.6. The Morgan fingerprint density at radius 2 is 0.560 bits per heavy atom. The van der Waals surface area contributed by atoms with Crippen LogP contribution in [0.1, 0.15) is 0 Å². The largest absolute Gasteiger partial charge is 0.767 e. The van der Waals surface area contributed by atoms with Gasteiger partial charge in [-0.05, 0) is 0 Å². The van der Waals surface area contributed by atoms with E-state index in [4.69, 9.17) is 0 Å². The molecular formula is C12F8O4P+. The predicted octanol–water partition coefficient (Wildman–Crippen LogP) is 4.72. The molecule has 132 valence electrons. The minimum Gasteiger partial charge on any atom is -0.233 e. The van der Waals surface area contributed by atoms with E-state index in [1.54, 1.807) is 0 Å². The summed E-state index contributed by atoms with van der Waals surface area (Å²) >= 11 is 0. The summed E-state index contributed by atoms with van der Waals surface area (Å²) in [6, 6.07) is 0. The molecule has 4 nitrogen and oxygen atoms in total. The van der Waals surface area contributed by atoms with Crippen LogP contribution in [0.5, 0.6) is 23.0 Å². The van der Waals surface area contributed by atoms with Crippen LogP contribution in [0.2, 0.25) is 0 Å². The number of fused-ring (bicyclic) bond motifs is 2. The minimum absolute atomic E-state index is 1.33. The average molecular weight is 391 g/mol. The molecule has 1 spiro atoms. The highest BCUT2D eigenvalue weighted by Crippen LogP contribution is 2.74. The van der Waals surface area contributed by atoms with Crippen molar-refractivity contribution in [2.75, 3.05) is 0 Å². The smallest absolute Gasteiger partial charge is 0.233 e. The fraction of sp³-hybridized carbons (Fsp3) is 0. The Hall–Kier alpha value is -2.49. The van der Waals surface area contributed by atoms with E-state index in [1.807, 2.05) is 0 Å². The monoisotopic (exact) mass is 391 g/mol. The molecule has 0 saturated heterocycles. The molecule has 13 heteroatoms. The normalized spacial score (nSPS) is 16.0. The molecule has 2 aromatic rings. The molecular weight excluding hydrogens is 391 g/mol. The predicted molar refractivity (Wildman–Crippen MR) is 62.0 cm³/mol. The van der Waals surface area contributed by atoms with Crippen molar-refractivity contribution in [3.05, 3.63) is 46.5 Å². The summed E-state index contributed by atoms with van der Waals surface area (Å²) < 4.78 is 126. The molecule has 0 aliphatic carbocycles. The van der Waals surface area contributed by atoms with Gasteiger partial charge in [-0.1, -0.05) is 0 Å². The number of hydrogen-bond acceptors (Lipinski definition) is 4. The first-order valence-electron chi connectivity index (χ1n) is 6.06. The zero-order valence-electron chi connectivity index (χ0n) is 11.1. The third-order valence-corrected chi connectivity index (χ3v) is 4.80. The van der Waals surface area contributed by atoms with Crippen molar-refractivity contribution in [1.82, 2.24) is 0 Å². The van der Waals surface area contributed by atoms with E-state index in [9.17, 15) is 35.1 Å². The van der Waals surface area contributed by atoms with Crippen LogP contribution < -0.4 is 18.1 Å². The van der Waals surface area contributed by atoms with Crippen LogP contribution in [0.4, 0.5) is 35.1 Å². The van der Waals surface area contributed by atoms with Crippen molar-refractivity contribution in [2.24, 2.45) is 0 Å². The van der Waals surface area contributed by atoms with Crippen LogP contribution in [0.25, 0.3) is 0 Å². The summed E-state index contributed by atoms with van der Waals surface area (Å²) in [6.07, 6.45) is 0. The van der Waals surface area contributed by atoms with E-state index in [-0.39, 0.29) is 0 Å². The Labute approximate surface area is 132 Å². The average Bonchev–Trinajstić information content (AvgIpc) is 3.16. The van der Waals surface area contributed by atoms with Gasteiger partial charge >= 0.3 is 8.17 Å². The number of benzene rings is 2. The van der Waals surface area contributed by atoms with Crippen molar-refractivity contribution in [1.29, 1.82) is 0 Å². The molecule has 2 aromatic carbocycles. The van der Waals surface area contributed by atoms with Crippen LogP contribution >= 0.6 is 8.17 Å². The maximum absolute atomic E-state index is 13.6. The van der Waals surface area contributed by atoms with Gasteiger partial charge in [0.15, 0.2) is 0 Å². The molecule has 2 aliphatic heterocycles. The fourth-order valence-corrected chi connectivity index (χ4v) is 3.84. The highest BCUT2D eigenvalue weighted by molar-refractivity contribution is 7.58. The lowest BCUT2D eigenvalue weighted by atomic mass is 10.2. The summed E-state index contributed by atoms with van der Waals surface area (Å²) in [5.41, 5.74) is 0. The SMILES string of the molecule is Fc1c(F)c(F)c2c(c1F)O[P+]1(O2)Oc2c(F)c(F)c(F)c(F)c2O1. The second-order valence-electron chi connectivity index (χ2n) is 4.64. The molecule has 0 saturated carbocycles. The number of halogens is 8. The second kappa shape index (κ2) is 4.78.